The average molecular weight is 382 g/mol. The van der Waals surface area contributed by atoms with Gasteiger partial charge in [0.15, 0.2) is 0 Å². The highest BCUT2D eigenvalue weighted by molar-refractivity contribution is 5.83. The first kappa shape index (κ1) is 19.0. The van der Waals surface area contributed by atoms with Crippen LogP contribution in [0.15, 0.2) is 0 Å². The molecule has 0 aromatic heterocycles. The lowest BCUT2D eigenvalue weighted by Crippen LogP contribution is -2.55. The number of piperazine rings is 1. The molecule has 27 heavy (non-hydrogen) atoms. The molecule has 3 aliphatic rings. The highest BCUT2D eigenvalue weighted by Crippen LogP contribution is 2.28. The standard InChI is InChI=1S/C20H36N4O3/c1-20(2,3)27-19(26)24(17-5-6-17)15-18(25)23-13-11-22(12-14-23)16-7-9-21(4)10-8-16/h16-17H,5-15H2,1-4H3/i1D. The highest BCUT2D eigenvalue weighted by atomic mass is 16.6. The van der Waals surface area contributed by atoms with Crippen LogP contribution in [-0.2, 0) is 9.53 Å². The molecule has 2 saturated heterocycles. The highest BCUT2D eigenvalue weighted by Gasteiger charge is 2.37. The summed E-state index contributed by atoms with van der Waals surface area (Å²) in [6, 6.07) is 0.747. The second-order valence-corrected chi connectivity index (χ2v) is 8.94. The van der Waals surface area contributed by atoms with Gasteiger partial charge in [-0.25, -0.2) is 4.79 Å². The minimum atomic E-state index is -0.826. The fraction of sp³-hybridized carbons (Fsp3) is 0.900. The van der Waals surface area contributed by atoms with Crippen molar-refractivity contribution in [3.05, 3.63) is 0 Å². The molecule has 0 aromatic carbocycles. The molecule has 0 N–H and O–H groups in total. The number of rotatable bonds is 4. The van der Waals surface area contributed by atoms with Crippen LogP contribution < -0.4 is 0 Å². The van der Waals surface area contributed by atoms with Crippen molar-refractivity contribution in [3.63, 3.8) is 0 Å². The Morgan fingerprint density at radius 2 is 1.70 bits per heavy atom. The van der Waals surface area contributed by atoms with Gasteiger partial charge in [-0.2, -0.15) is 0 Å². The summed E-state index contributed by atoms with van der Waals surface area (Å²) in [4.78, 5) is 33.7. The Labute approximate surface area is 165 Å². The number of nitrogens with zero attached hydrogens (tertiary/aromatic N) is 4. The van der Waals surface area contributed by atoms with Crippen molar-refractivity contribution in [2.45, 2.75) is 64.1 Å². The molecule has 0 bridgehead atoms. The van der Waals surface area contributed by atoms with Gasteiger partial charge in [0.1, 0.15) is 12.1 Å². The number of amides is 2. The van der Waals surface area contributed by atoms with Crippen LogP contribution in [0.2, 0.25) is 0 Å². The zero-order valence-corrected chi connectivity index (χ0v) is 17.2. The van der Waals surface area contributed by atoms with E-state index in [1.165, 1.54) is 12.8 Å². The average Bonchev–Trinajstić information content (AvgIpc) is 3.51. The Morgan fingerprint density at radius 1 is 1.07 bits per heavy atom. The number of piperidine rings is 1. The Kier molecular flexibility index (Phi) is 5.88. The normalized spacial score (nSPS) is 23.8. The molecule has 0 spiro atoms. The van der Waals surface area contributed by atoms with E-state index in [2.05, 4.69) is 16.8 Å². The maximum absolute atomic E-state index is 12.8. The third kappa shape index (κ3) is 5.82. The number of likely N-dealkylation sites (tertiary alicyclic amines) is 1. The molecular weight excluding hydrogens is 344 g/mol. The van der Waals surface area contributed by atoms with Crippen molar-refractivity contribution in [1.29, 1.82) is 0 Å². The lowest BCUT2D eigenvalue weighted by atomic mass is 10.0. The summed E-state index contributed by atoms with van der Waals surface area (Å²) in [5.74, 6) is 0.00978. The second kappa shape index (κ2) is 8.35. The monoisotopic (exact) mass is 381 g/mol. The zero-order chi connectivity index (χ0) is 20.3. The van der Waals surface area contributed by atoms with Gasteiger partial charge in [-0.3, -0.25) is 14.6 Å². The Morgan fingerprint density at radius 3 is 2.26 bits per heavy atom. The molecule has 1 saturated carbocycles. The molecule has 154 valence electrons. The topological polar surface area (TPSA) is 56.3 Å². The summed E-state index contributed by atoms with van der Waals surface area (Å²) in [6.45, 7) is 9.15. The van der Waals surface area contributed by atoms with Gasteiger partial charge in [-0.1, -0.05) is 0 Å². The van der Waals surface area contributed by atoms with E-state index in [-0.39, 0.29) is 25.4 Å². The minimum Gasteiger partial charge on any atom is -0.444 e. The maximum Gasteiger partial charge on any atom is 0.411 e. The summed E-state index contributed by atoms with van der Waals surface area (Å²) in [7, 11) is 2.18. The summed E-state index contributed by atoms with van der Waals surface area (Å²) >= 11 is 0. The van der Waals surface area contributed by atoms with Crippen LogP contribution in [-0.4, -0.2) is 102 Å². The molecule has 3 fully saturated rings. The smallest absolute Gasteiger partial charge is 0.411 e. The van der Waals surface area contributed by atoms with Crippen LogP contribution in [0.5, 0.6) is 0 Å². The van der Waals surface area contributed by atoms with Crippen LogP contribution in [0.3, 0.4) is 0 Å². The molecule has 0 atom stereocenters. The van der Waals surface area contributed by atoms with Crippen molar-refractivity contribution in [1.82, 2.24) is 19.6 Å². The van der Waals surface area contributed by atoms with Crippen LogP contribution in [0.1, 0.15) is 47.8 Å². The SMILES string of the molecule is [2H]CC(C)(C)OC(=O)N(CC(=O)N1CCN(C2CCN(C)CC2)CC1)C1CC1. The molecule has 0 unspecified atom stereocenters. The van der Waals surface area contributed by atoms with E-state index < -0.39 is 11.7 Å². The Balaban J connectivity index is 1.48. The Hall–Kier alpha value is -1.34. The summed E-state index contributed by atoms with van der Waals surface area (Å²) in [5, 5.41) is 0. The van der Waals surface area contributed by atoms with E-state index in [0.717, 1.165) is 52.1 Å². The number of hydrogen-bond donors (Lipinski definition) is 0. The van der Waals surface area contributed by atoms with Crippen LogP contribution >= 0.6 is 0 Å². The van der Waals surface area contributed by atoms with Crippen LogP contribution in [0.4, 0.5) is 4.79 Å². The molecule has 0 aromatic rings. The number of carbonyl (C=O) groups excluding carboxylic acids is 2. The van der Waals surface area contributed by atoms with Crippen molar-refractivity contribution < 1.29 is 15.7 Å². The van der Waals surface area contributed by atoms with E-state index in [4.69, 9.17) is 6.11 Å². The van der Waals surface area contributed by atoms with Gasteiger partial charge in [0.05, 0.1) is 0 Å². The second-order valence-electron chi connectivity index (χ2n) is 8.94. The molecule has 0 radical (unpaired) electrons. The van der Waals surface area contributed by atoms with Gasteiger partial charge in [-0.15, -0.1) is 0 Å². The van der Waals surface area contributed by atoms with Crippen molar-refractivity contribution >= 4 is 12.0 Å². The predicted octanol–water partition coefficient (Wildman–Crippen LogP) is 1.62. The number of hydrogen-bond acceptors (Lipinski definition) is 5. The summed E-state index contributed by atoms with van der Waals surface area (Å²) < 4.78 is 13.0. The van der Waals surface area contributed by atoms with Gasteiger partial charge in [0, 0.05) is 39.6 Å². The van der Waals surface area contributed by atoms with E-state index in [1.807, 2.05) is 4.90 Å². The first-order valence-corrected chi connectivity index (χ1v) is 10.3. The lowest BCUT2D eigenvalue weighted by Gasteiger charge is -2.42. The van der Waals surface area contributed by atoms with E-state index in [0.29, 0.717) is 6.04 Å². The van der Waals surface area contributed by atoms with E-state index in [9.17, 15) is 9.59 Å². The predicted molar refractivity (Wildman–Crippen MR) is 105 cm³/mol. The molecule has 2 heterocycles. The molecule has 7 nitrogen and oxygen atoms in total. The van der Waals surface area contributed by atoms with Crippen molar-refractivity contribution in [2.24, 2.45) is 0 Å². The van der Waals surface area contributed by atoms with E-state index in [1.54, 1.807) is 18.7 Å². The molecule has 2 amide bonds. The number of ether oxygens (including phenoxy) is 1. The molecule has 3 rings (SSSR count). The quantitative estimate of drug-likeness (QED) is 0.741. The first-order chi connectivity index (χ1) is 13.3. The number of carbonyl (C=O) groups is 2. The summed E-state index contributed by atoms with van der Waals surface area (Å²) in [6.07, 6.45) is 3.80. The van der Waals surface area contributed by atoms with Crippen molar-refractivity contribution in [3.8, 4) is 0 Å². The minimum absolute atomic E-state index is 0.00408. The third-order valence-electron chi connectivity index (χ3n) is 5.76. The zero-order valence-electron chi connectivity index (χ0n) is 18.2. The fourth-order valence-electron chi connectivity index (χ4n) is 3.97. The lowest BCUT2D eigenvalue weighted by molar-refractivity contribution is -0.134. The van der Waals surface area contributed by atoms with Crippen molar-refractivity contribution in [2.75, 3.05) is 52.9 Å². The van der Waals surface area contributed by atoms with E-state index >= 15 is 0 Å². The maximum atomic E-state index is 12.8. The summed E-state index contributed by atoms with van der Waals surface area (Å²) in [5.41, 5.74) is -0.826. The van der Waals surface area contributed by atoms with Gasteiger partial charge in [0.25, 0.3) is 0 Å². The van der Waals surface area contributed by atoms with Gasteiger partial charge in [-0.05, 0) is 66.6 Å². The largest absolute Gasteiger partial charge is 0.444 e. The third-order valence-corrected chi connectivity index (χ3v) is 5.76. The fourth-order valence-corrected chi connectivity index (χ4v) is 3.97. The van der Waals surface area contributed by atoms with Gasteiger partial charge >= 0.3 is 6.09 Å². The van der Waals surface area contributed by atoms with Crippen LogP contribution in [0.25, 0.3) is 0 Å². The first-order valence-electron chi connectivity index (χ1n) is 11.0. The molecule has 1 aliphatic carbocycles. The molecular formula is C20H36N4O3. The van der Waals surface area contributed by atoms with Crippen LogP contribution in [0, 0.1) is 0 Å². The van der Waals surface area contributed by atoms with Gasteiger partial charge < -0.3 is 14.5 Å². The molecule has 7 heteroatoms. The van der Waals surface area contributed by atoms with Gasteiger partial charge in [0.2, 0.25) is 5.91 Å². The Bertz CT molecular complexity index is 554. The molecule has 2 aliphatic heterocycles.